The van der Waals surface area contributed by atoms with E-state index in [1.165, 1.54) is 30.6 Å². The number of hydrogen-bond acceptors (Lipinski definition) is 0. The van der Waals surface area contributed by atoms with Gasteiger partial charge in [0, 0.05) is 5.33 Å². The minimum atomic E-state index is 0.290. The Kier molecular flexibility index (Phi) is 6.06. The second kappa shape index (κ2) is 6.80. The van der Waals surface area contributed by atoms with Gasteiger partial charge in [-0.1, -0.05) is 55.3 Å². The lowest BCUT2D eigenvalue weighted by Crippen LogP contribution is -2.08. The molecule has 2 heteroatoms. The van der Waals surface area contributed by atoms with Crippen molar-refractivity contribution in [2.75, 3.05) is 11.1 Å². The summed E-state index contributed by atoms with van der Waals surface area (Å²) in [6.07, 6.45) is 8.67. The van der Waals surface area contributed by atoms with Crippen molar-refractivity contribution in [3.05, 3.63) is 23.1 Å². The normalized spacial score (nSPS) is 20.5. The van der Waals surface area contributed by atoms with Gasteiger partial charge in [0.2, 0.25) is 0 Å². The van der Waals surface area contributed by atoms with Crippen molar-refractivity contribution in [1.29, 1.82) is 0 Å². The second-order valence-electron chi connectivity index (χ2n) is 5.23. The maximum Gasteiger partial charge on any atom is 0.00313 e. The van der Waals surface area contributed by atoms with Gasteiger partial charge in [0.05, 0.1) is 0 Å². The van der Waals surface area contributed by atoms with E-state index < -0.39 is 0 Å². The average Bonchev–Trinajstić information content (AvgIpc) is 2.24. The van der Waals surface area contributed by atoms with E-state index in [9.17, 15) is 0 Å². The molecule has 0 nitrogen and oxygen atoms in total. The lowest BCUT2D eigenvalue weighted by Gasteiger charge is -2.22. The third-order valence-electron chi connectivity index (χ3n) is 2.72. The molecular formula is C14H23BrS. The Balaban J connectivity index is 2.41. The van der Waals surface area contributed by atoms with Crippen molar-refractivity contribution in [2.45, 2.75) is 40.0 Å². The lowest BCUT2D eigenvalue weighted by atomic mass is 9.86. The van der Waals surface area contributed by atoms with Crippen LogP contribution < -0.4 is 0 Å². The molecule has 0 fully saturated rings. The summed E-state index contributed by atoms with van der Waals surface area (Å²) in [5.41, 5.74) is 1.75. The SMILES string of the molecule is CC(C)(C)C1=CC=S(CCCCCBr)C=C1. The van der Waals surface area contributed by atoms with Crippen LogP contribution >= 0.6 is 26.4 Å². The topological polar surface area (TPSA) is 0 Å². The summed E-state index contributed by atoms with van der Waals surface area (Å²) >= 11 is 3.48. The van der Waals surface area contributed by atoms with E-state index in [1.807, 2.05) is 0 Å². The van der Waals surface area contributed by atoms with Gasteiger partial charge in [-0.25, -0.2) is 0 Å². The standard InChI is InChI=1S/C14H23BrS/c1-14(2,3)13-7-11-16(12-8-13)10-6-4-5-9-15/h7-8,11-12H,4-6,9-10H2,1-3H3. The Morgan fingerprint density at radius 2 is 1.94 bits per heavy atom. The molecule has 1 aliphatic heterocycles. The van der Waals surface area contributed by atoms with E-state index in [1.54, 1.807) is 0 Å². The Bertz CT molecular complexity index is 305. The molecule has 0 aliphatic carbocycles. The highest BCUT2D eigenvalue weighted by Crippen LogP contribution is 2.31. The number of alkyl halides is 1. The molecule has 92 valence electrons. The fourth-order valence-corrected chi connectivity index (χ4v) is 3.54. The molecule has 0 amide bonds. The zero-order valence-corrected chi connectivity index (χ0v) is 13.0. The van der Waals surface area contributed by atoms with Crippen molar-refractivity contribution in [3.63, 3.8) is 0 Å². The zero-order valence-electron chi connectivity index (χ0n) is 10.6. The van der Waals surface area contributed by atoms with Crippen LogP contribution in [0.25, 0.3) is 0 Å². The summed E-state index contributed by atoms with van der Waals surface area (Å²) in [5, 5.41) is 5.94. The molecule has 0 spiro atoms. The van der Waals surface area contributed by atoms with Crippen LogP contribution in [-0.4, -0.2) is 16.5 Å². The molecule has 0 N–H and O–H groups in total. The first-order chi connectivity index (χ1) is 7.54. The number of hydrogen-bond donors (Lipinski definition) is 0. The molecule has 0 aromatic heterocycles. The van der Waals surface area contributed by atoms with Gasteiger partial charge in [0.25, 0.3) is 0 Å². The van der Waals surface area contributed by atoms with Crippen LogP contribution in [-0.2, 0) is 0 Å². The maximum atomic E-state index is 3.48. The molecule has 1 atom stereocenters. The van der Waals surface area contributed by atoms with Crippen LogP contribution in [0.15, 0.2) is 23.1 Å². The molecule has 1 unspecified atom stereocenters. The summed E-state index contributed by atoms with van der Waals surface area (Å²) in [7, 11) is 0.399. The molecule has 0 saturated carbocycles. The molecule has 0 aromatic rings. The van der Waals surface area contributed by atoms with Gasteiger partial charge in [-0.05, 0) is 40.4 Å². The summed E-state index contributed by atoms with van der Waals surface area (Å²) in [6, 6.07) is 0. The highest BCUT2D eigenvalue weighted by molar-refractivity contribution is 9.09. The molecule has 0 bridgehead atoms. The smallest absolute Gasteiger partial charge is 0.00313 e. The van der Waals surface area contributed by atoms with Gasteiger partial charge < -0.3 is 0 Å². The molecule has 1 heterocycles. The Morgan fingerprint density at radius 1 is 1.19 bits per heavy atom. The Labute approximate surface area is 111 Å². The maximum absolute atomic E-state index is 3.48. The predicted molar refractivity (Wildman–Crippen MR) is 82.8 cm³/mol. The lowest BCUT2D eigenvalue weighted by molar-refractivity contribution is 0.518. The molecule has 0 radical (unpaired) electrons. The number of allylic oxidation sites excluding steroid dienone is 3. The van der Waals surface area contributed by atoms with E-state index in [0.717, 1.165) is 5.33 Å². The quantitative estimate of drug-likeness (QED) is 0.375. The van der Waals surface area contributed by atoms with Gasteiger partial charge in [0.1, 0.15) is 0 Å². The summed E-state index contributed by atoms with van der Waals surface area (Å²) in [5.74, 6) is 1.33. The molecule has 1 rings (SSSR count). The van der Waals surface area contributed by atoms with Crippen LogP contribution in [0.4, 0.5) is 0 Å². The van der Waals surface area contributed by atoms with Crippen molar-refractivity contribution >= 4 is 31.8 Å². The Morgan fingerprint density at radius 3 is 2.44 bits per heavy atom. The van der Waals surface area contributed by atoms with Crippen LogP contribution in [0.3, 0.4) is 0 Å². The first-order valence-electron chi connectivity index (χ1n) is 6.02. The summed E-state index contributed by atoms with van der Waals surface area (Å²) in [6.45, 7) is 6.82. The first kappa shape index (κ1) is 14.2. The molecule has 1 aliphatic rings. The fraction of sp³-hybridized carbons (Fsp3) is 0.643. The van der Waals surface area contributed by atoms with E-state index in [2.05, 4.69) is 59.6 Å². The zero-order chi connectivity index (χ0) is 12.0. The largest absolute Gasteiger partial charge is 0.162 e. The molecule has 16 heavy (non-hydrogen) atoms. The van der Waals surface area contributed by atoms with Crippen LogP contribution in [0, 0.1) is 5.41 Å². The fourth-order valence-electron chi connectivity index (χ4n) is 1.60. The minimum absolute atomic E-state index is 0.290. The van der Waals surface area contributed by atoms with Crippen molar-refractivity contribution in [3.8, 4) is 0 Å². The summed E-state index contributed by atoms with van der Waals surface area (Å²) < 4.78 is 0. The van der Waals surface area contributed by atoms with E-state index in [4.69, 9.17) is 0 Å². The van der Waals surface area contributed by atoms with Gasteiger partial charge >= 0.3 is 0 Å². The number of rotatable bonds is 5. The van der Waals surface area contributed by atoms with Crippen molar-refractivity contribution in [2.24, 2.45) is 5.41 Å². The predicted octanol–water partition coefficient (Wildman–Crippen LogP) is 5.12. The molecule has 0 saturated heterocycles. The van der Waals surface area contributed by atoms with Gasteiger partial charge in [-0.3, -0.25) is 0 Å². The van der Waals surface area contributed by atoms with Crippen molar-refractivity contribution < 1.29 is 0 Å². The van der Waals surface area contributed by atoms with E-state index >= 15 is 0 Å². The highest BCUT2D eigenvalue weighted by atomic mass is 79.9. The van der Waals surface area contributed by atoms with Gasteiger partial charge in [-0.2, -0.15) is 10.5 Å². The van der Waals surface area contributed by atoms with Crippen LogP contribution in [0.5, 0.6) is 0 Å². The van der Waals surface area contributed by atoms with Crippen LogP contribution in [0.2, 0.25) is 0 Å². The molecular weight excluding hydrogens is 280 g/mol. The van der Waals surface area contributed by atoms with Gasteiger partial charge in [0.15, 0.2) is 0 Å². The van der Waals surface area contributed by atoms with Gasteiger partial charge in [-0.15, -0.1) is 0 Å². The highest BCUT2D eigenvalue weighted by Gasteiger charge is 2.15. The minimum Gasteiger partial charge on any atom is -0.162 e. The molecule has 0 aromatic carbocycles. The van der Waals surface area contributed by atoms with Crippen molar-refractivity contribution in [1.82, 2.24) is 0 Å². The second-order valence-corrected chi connectivity index (χ2v) is 7.92. The average molecular weight is 303 g/mol. The third kappa shape index (κ3) is 5.01. The monoisotopic (exact) mass is 302 g/mol. The van der Waals surface area contributed by atoms with E-state index in [0.29, 0.717) is 15.9 Å². The van der Waals surface area contributed by atoms with E-state index in [-0.39, 0.29) is 0 Å². The number of halogens is 1. The van der Waals surface area contributed by atoms with Crippen LogP contribution in [0.1, 0.15) is 40.0 Å². The first-order valence-corrected chi connectivity index (χ1v) is 8.66. The number of unbranched alkanes of at least 4 members (excludes halogenated alkanes) is 2. The Hall–Kier alpha value is 0.180. The summed E-state index contributed by atoms with van der Waals surface area (Å²) in [4.78, 5) is 0. The third-order valence-corrected chi connectivity index (χ3v) is 5.02.